The Bertz CT molecular complexity index is 369. The van der Waals surface area contributed by atoms with E-state index in [0.29, 0.717) is 6.04 Å². The predicted molar refractivity (Wildman–Crippen MR) is 75.3 cm³/mol. The first kappa shape index (κ1) is 16.3. The summed E-state index contributed by atoms with van der Waals surface area (Å²) < 4.78 is 30.4. The fourth-order valence-electron chi connectivity index (χ4n) is 1.85. The highest BCUT2D eigenvalue weighted by Gasteiger charge is 2.42. The highest BCUT2D eigenvalue weighted by atomic mass is 28.4. The van der Waals surface area contributed by atoms with Gasteiger partial charge >= 0.3 is 8.80 Å². The van der Waals surface area contributed by atoms with E-state index in [-0.39, 0.29) is 18.0 Å². The number of benzene rings is 1. The summed E-state index contributed by atoms with van der Waals surface area (Å²) in [7, 11) is -1.16. The molecule has 0 bridgehead atoms. The molecule has 0 aliphatic heterocycles. The van der Waals surface area contributed by atoms with E-state index in [4.69, 9.17) is 13.3 Å². The molecule has 0 aromatic heterocycles. The van der Waals surface area contributed by atoms with Gasteiger partial charge in [-0.1, -0.05) is 12.1 Å². The Morgan fingerprint density at radius 1 is 1.00 bits per heavy atom. The third kappa shape index (κ3) is 5.40. The Balaban J connectivity index is 2.91. The molecule has 108 valence electrons. The van der Waals surface area contributed by atoms with E-state index in [0.717, 1.165) is 5.56 Å². The highest BCUT2D eigenvalue weighted by molar-refractivity contribution is 6.60. The van der Waals surface area contributed by atoms with Gasteiger partial charge in [-0.3, -0.25) is 0 Å². The molecule has 0 atom stereocenters. The lowest BCUT2D eigenvalue weighted by atomic mass is 10.2. The van der Waals surface area contributed by atoms with Crippen LogP contribution in [0.15, 0.2) is 24.3 Å². The third-order valence-corrected chi connectivity index (χ3v) is 5.60. The minimum Gasteiger partial charge on any atom is -0.377 e. The second kappa shape index (κ2) is 7.14. The molecule has 1 rings (SSSR count). The molecule has 0 aliphatic carbocycles. The van der Waals surface area contributed by atoms with Gasteiger partial charge in [-0.2, -0.15) is 0 Å². The van der Waals surface area contributed by atoms with Crippen LogP contribution in [0.3, 0.4) is 0 Å². The molecule has 0 aliphatic rings. The molecular weight excluding hydrogens is 263 g/mol. The van der Waals surface area contributed by atoms with Gasteiger partial charge in [0.05, 0.1) is 0 Å². The summed E-state index contributed by atoms with van der Waals surface area (Å²) in [5.74, 6) is -0.247. The Morgan fingerprint density at radius 3 is 1.84 bits per heavy atom. The fraction of sp³-hybridized carbons (Fsp3) is 0.571. The van der Waals surface area contributed by atoms with E-state index >= 15 is 0 Å². The summed E-state index contributed by atoms with van der Waals surface area (Å²) in [5.41, 5.74) is 0.955. The van der Waals surface area contributed by atoms with Crippen molar-refractivity contribution >= 4 is 8.80 Å². The van der Waals surface area contributed by atoms with Gasteiger partial charge in [0.2, 0.25) is 0 Å². The second-order valence-electron chi connectivity index (χ2n) is 5.02. The summed E-state index contributed by atoms with van der Waals surface area (Å²) in [6.07, 6.45) is 0.0385. The van der Waals surface area contributed by atoms with Crippen LogP contribution < -0.4 is 0 Å². The van der Waals surface area contributed by atoms with E-state index < -0.39 is 8.80 Å². The largest absolute Gasteiger partial charge is 0.505 e. The van der Waals surface area contributed by atoms with E-state index in [1.54, 1.807) is 19.2 Å². The molecule has 0 N–H and O–H groups in total. The average molecular weight is 286 g/mol. The summed E-state index contributed by atoms with van der Waals surface area (Å²) in [5, 5.41) is 0. The van der Waals surface area contributed by atoms with Crippen LogP contribution in [0.1, 0.15) is 33.3 Å². The van der Waals surface area contributed by atoms with Crippen molar-refractivity contribution < 1.29 is 17.7 Å². The van der Waals surface area contributed by atoms with Crippen LogP contribution in [0.25, 0.3) is 0 Å². The standard InChI is InChI=1S/C14H23FO3Si/c1-11(2)17-19(16-5,18-12(3)4)10-13-6-8-14(15)9-7-13/h6-9,11-12H,10H2,1-5H3. The van der Waals surface area contributed by atoms with Crippen molar-refractivity contribution in [3.8, 4) is 0 Å². The minimum absolute atomic E-state index is 0.0193. The second-order valence-corrected chi connectivity index (χ2v) is 7.62. The van der Waals surface area contributed by atoms with Crippen LogP contribution in [-0.2, 0) is 19.3 Å². The normalized spacial score (nSPS) is 12.4. The van der Waals surface area contributed by atoms with Crippen molar-refractivity contribution in [2.75, 3.05) is 7.11 Å². The van der Waals surface area contributed by atoms with Gasteiger partial charge in [0.1, 0.15) is 5.82 Å². The maximum atomic E-state index is 12.9. The van der Waals surface area contributed by atoms with Gasteiger partial charge in [0.15, 0.2) is 0 Å². The fourth-order valence-corrected chi connectivity index (χ4v) is 4.58. The first-order valence-corrected chi connectivity index (χ1v) is 8.45. The van der Waals surface area contributed by atoms with Crippen molar-refractivity contribution in [1.29, 1.82) is 0 Å². The smallest absolute Gasteiger partial charge is 0.377 e. The third-order valence-electron chi connectivity index (χ3n) is 2.48. The molecule has 0 amide bonds. The van der Waals surface area contributed by atoms with Crippen LogP contribution in [0.4, 0.5) is 4.39 Å². The molecule has 1 aromatic carbocycles. The van der Waals surface area contributed by atoms with Crippen molar-refractivity contribution in [3.63, 3.8) is 0 Å². The average Bonchev–Trinajstić information content (AvgIpc) is 2.30. The maximum Gasteiger partial charge on any atom is 0.505 e. The Morgan fingerprint density at radius 2 is 1.47 bits per heavy atom. The van der Waals surface area contributed by atoms with Crippen LogP contribution in [0.5, 0.6) is 0 Å². The molecule has 3 nitrogen and oxygen atoms in total. The lowest BCUT2D eigenvalue weighted by Crippen LogP contribution is -2.50. The quantitative estimate of drug-likeness (QED) is 0.720. The summed E-state index contributed by atoms with van der Waals surface area (Å²) >= 11 is 0. The van der Waals surface area contributed by atoms with Crippen LogP contribution in [0, 0.1) is 5.82 Å². The van der Waals surface area contributed by atoms with E-state index in [1.807, 2.05) is 27.7 Å². The minimum atomic E-state index is -2.78. The molecule has 0 unspecified atom stereocenters. The van der Waals surface area contributed by atoms with E-state index in [1.165, 1.54) is 12.1 Å². The molecule has 0 saturated carbocycles. The first-order chi connectivity index (χ1) is 8.87. The van der Waals surface area contributed by atoms with Gasteiger partial charge in [-0.15, -0.1) is 0 Å². The summed E-state index contributed by atoms with van der Waals surface area (Å²) in [6.45, 7) is 7.81. The number of hydrogen-bond acceptors (Lipinski definition) is 3. The van der Waals surface area contributed by atoms with Gasteiger partial charge in [-0.05, 0) is 45.4 Å². The SMILES string of the molecule is CO[Si](Cc1ccc(F)cc1)(OC(C)C)OC(C)C. The molecule has 0 fully saturated rings. The van der Waals surface area contributed by atoms with Crippen molar-refractivity contribution in [2.24, 2.45) is 0 Å². The summed E-state index contributed by atoms with van der Waals surface area (Å²) in [4.78, 5) is 0. The lowest BCUT2D eigenvalue weighted by Gasteiger charge is -2.31. The molecule has 0 heterocycles. The van der Waals surface area contributed by atoms with Gasteiger partial charge in [0, 0.05) is 25.4 Å². The zero-order chi connectivity index (χ0) is 14.5. The van der Waals surface area contributed by atoms with Crippen molar-refractivity contribution in [2.45, 2.75) is 45.9 Å². The maximum absolute atomic E-state index is 12.9. The Hall–Kier alpha value is -0.753. The molecule has 0 spiro atoms. The molecule has 0 saturated heterocycles. The number of hydrogen-bond donors (Lipinski definition) is 0. The van der Waals surface area contributed by atoms with E-state index in [9.17, 15) is 4.39 Å². The van der Waals surface area contributed by atoms with Gasteiger partial charge in [0.25, 0.3) is 0 Å². The Labute approximate surface area is 116 Å². The zero-order valence-electron chi connectivity index (χ0n) is 12.3. The van der Waals surface area contributed by atoms with Crippen molar-refractivity contribution in [3.05, 3.63) is 35.6 Å². The van der Waals surface area contributed by atoms with Crippen LogP contribution in [-0.4, -0.2) is 28.1 Å². The molecule has 0 radical (unpaired) electrons. The van der Waals surface area contributed by atoms with E-state index in [2.05, 4.69) is 0 Å². The van der Waals surface area contributed by atoms with Crippen LogP contribution in [0.2, 0.25) is 0 Å². The summed E-state index contributed by atoms with van der Waals surface area (Å²) in [6, 6.07) is 6.90. The van der Waals surface area contributed by atoms with Gasteiger partial charge in [-0.25, -0.2) is 4.39 Å². The predicted octanol–water partition coefficient (Wildman–Crippen LogP) is 3.34. The molecule has 19 heavy (non-hydrogen) atoms. The molecule has 1 aromatic rings. The lowest BCUT2D eigenvalue weighted by molar-refractivity contribution is 0.0319. The number of rotatable bonds is 7. The zero-order valence-corrected chi connectivity index (χ0v) is 13.3. The topological polar surface area (TPSA) is 27.7 Å². The van der Waals surface area contributed by atoms with Gasteiger partial charge < -0.3 is 13.3 Å². The van der Waals surface area contributed by atoms with Crippen molar-refractivity contribution in [1.82, 2.24) is 0 Å². The first-order valence-electron chi connectivity index (χ1n) is 6.52. The highest BCUT2D eigenvalue weighted by Crippen LogP contribution is 2.20. The molecular formula is C14H23FO3Si. The number of halogens is 1. The monoisotopic (exact) mass is 286 g/mol. The van der Waals surface area contributed by atoms with Crippen LogP contribution >= 0.6 is 0 Å². The molecule has 5 heteroatoms. The Kier molecular flexibility index (Phi) is 6.13.